The monoisotopic (exact) mass is 276 g/mol. The minimum absolute atomic E-state index is 0.0351. The van der Waals surface area contributed by atoms with Crippen molar-refractivity contribution in [2.75, 3.05) is 5.32 Å². The Hall–Kier alpha value is -2.34. The summed E-state index contributed by atoms with van der Waals surface area (Å²) < 4.78 is 13.1. The van der Waals surface area contributed by atoms with E-state index in [0.717, 1.165) is 0 Å². The molecule has 0 amide bonds. The summed E-state index contributed by atoms with van der Waals surface area (Å²) in [5, 5.41) is 13.5. The first-order valence-corrected chi connectivity index (χ1v) is 5.78. The van der Waals surface area contributed by atoms with E-state index in [9.17, 15) is 14.5 Å². The van der Waals surface area contributed by atoms with Crippen molar-refractivity contribution in [3.05, 3.63) is 70.0 Å². The molecule has 96 valence electrons. The average molecular weight is 276 g/mol. The third-order valence-corrected chi connectivity index (χ3v) is 2.74. The van der Waals surface area contributed by atoms with Crippen molar-refractivity contribution in [1.82, 2.24) is 0 Å². The second-order valence-electron chi connectivity index (χ2n) is 3.77. The molecule has 2 aromatic rings. The number of benzene rings is 2. The van der Waals surface area contributed by atoms with Gasteiger partial charge >= 0.3 is 0 Å². The number of nitro groups is 1. The van der Waals surface area contributed by atoms with E-state index in [1.807, 2.05) is 0 Å². The highest BCUT2D eigenvalue weighted by atomic mass is 32.1. The van der Waals surface area contributed by atoms with Gasteiger partial charge in [-0.25, -0.2) is 4.39 Å². The van der Waals surface area contributed by atoms with Gasteiger partial charge < -0.3 is 5.32 Å². The largest absolute Gasteiger partial charge is 0.346 e. The van der Waals surface area contributed by atoms with E-state index in [1.165, 1.54) is 24.3 Å². The molecule has 2 aromatic carbocycles. The molecule has 0 saturated carbocycles. The van der Waals surface area contributed by atoms with Crippen LogP contribution in [-0.4, -0.2) is 9.91 Å². The summed E-state index contributed by atoms with van der Waals surface area (Å²) in [7, 11) is 0. The molecule has 2 rings (SSSR count). The molecule has 1 N–H and O–H groups in total. The van der Waals surface area contributed by atoms with Gasteiger partial charge in [0.15, 0.2) is 0 Å². The summed E-state index contributed by atoms with van der Waals surface area (Å²) in [6, 6.07) is 11.8. The zero-order chi connectivity index (χ0) is 13.8. The van der Waals surface area contributed by atoms with Gasteiger partial charge in [0.25, 0.3) is 5.69 Å². The van der Waals surface area contributed by atoms with E-state index in [1.54, 1.807) is 24.3 Å². The Bertz CT molecular complexity index is 646. The van der Waals surface area contributed by atoms with E-state index in [4.69, 9.17) is 12.2 Å². The summed E-state index contributed by atoms with van der Waals surface area (Å²) >= 11 is 5.12. The van der Waals surface area contributed by atoms with Crippen LogP contribution in [0.15, 0.2) is 48.5 Å². The van der Waals surface area contributed by atoms with Crippen molar-refractivity contribution < 1.29 is 9.31 Å². The van der Waals surface area contributed by atoms with Gasteiger partial charge in [0.2, 0.25) is 0 Å². The minimum Gasteiger partial charge on any atom is -0.346 e. The number of hydrogen-bond donors (Lipinski definition) is 1. The molecular formula is C13H9FN2O2S. The number of nitro benzene ring substituents is 1. The minimum atomic E-state index is -0.490. The Morgan fingerprint density at radius 1 is 1.21 bits per heavy atom. The number of thiocarbonyl (C=S) groups is 1. The molecule has 0 spiro atoms. The Morgan fingerprint density at radius 2 is 1.95 bits per heavy atom. The SMILES string of the molecule is O=[N+]([O-])c1cccc(NC(=S)c2cccc(F)c2)c1. The van der Waals surface area contributed by atoms with Crippen LogP contribution in [-0.2, 0) is 0 Å². The summed E-state index contributed by atoms with van der Waals surface area (Å²) in [6.07, 6.45) is 0. The molecule has 0 aliphatic carbocycles. The molecule has 0 aromatic heterocycles. The Morgan fingerprint density at radius 3 is 2.63 bits per heavy atom. The van der Waals surface area contributed by atoms with E-state index < -0.39 is 4.92 Å². The number of halogens is 1. The second kappa shape index (κ2) is 5.53. The Balaban J connectivity index is 2.19. The van der Waals surface area contributed by atoms with Crippen molar-refractivity contribution >= 4 is 28.6 Å². The number of hydrogen-bond acceptors (Lipinski definition) is 3. The molecule has 0 heterocycles. The molecule has 0 fully saturated rings. The van der Waals surface area contributed by atoms with Crippen LogP contribution >= 0.6 is 12.2 Å². The zero-order valence-electron chi connectivity index (χ0n) is 9.67. The van der Waals surface area contributed by atoms with Crippen molar-refractivity contribution in [2.24, 2.45) is 0 Å². The first-order chi connectivity index (χ1) is 9.06. The molecule has 0 unspecified atom stereocenters. The van der Waals surface area contributed by atoms with Crippen LogP contribution in [0.5, 0.6) is 0 Å². The normalized spacial score (nSPS) is 9.95. The lowest BCUT2D eigenvalue weighted by Crippen LogP contribution is -2.10. The third-order valence-electron chi connectivity index (χ3n) is 2.40. The highest BCUT2D eigenvalue weighted by Gasteiger charge is 2.07. The summed E-state index contributed by atoms with van der Waals surface area (Å²) in [5.74, 6) is -0.388. The van der Waals surface area contributed by atoms with Crippen molar-refractivity contribution in [3.63, 3.8) is 0 Å². The maximum absolute atomic E-state index is 13.1. The molecule has 0 aliphatic rings. The van der Waals surface area contributed by atoms with Crippen molar-refractivity contribution in [3.8, 4) is 0 Å². The van der Waals surface area contributed by atoms with Gasteiger partial charge in [0.1, 0.15) is 10.8 Å². The number of rotatable bonds is 3. The maximum atomic E-state index is 13.1. The lowest BCUT2D eigenvalue weighted by molar-refractivity contribution is -0.384. The fraction of sp³-hybridized carbons (Fsp3) is 0. The number of nitrogens with one attached hydrogen (secondary N) is 1. The summed E-state index contributed by atoms with van der Waals surface area (Å²) in [4.78, 5) is 10.5. The van der Waals surface area contributed by atoms with Gasteiger partial charge in [-0.1, -0.05) is 30.4 Å². The van der Waals surface area contributed by atoms with Crippen molar-refractivity contribution in [2.45, 2.75) is 0 Å². The van der Waals surface area contributed by atoms with Gasteiger partial charge in [-0.05, 0) is 18.2 Å². The first-order valence-electron chi connectivity index (χ1n) is 5.37. The van der Waals surface area contributed by atoms with E-state index in [0.29, 0.717) is 16.2 Å². The fourth-order valence-electron chi connectivity index (χ4n) is 1.53. The van der Waals surface area contributed by atoms with Gasteiger partial charge in [-0.15, -0.1) is 0 Å². The van der Waals surface area contributed by atoms with Crippen LogP contribution in [0, 0.1) is 15.9 Å². The van der Waals surface area contributed by atoms with Gasteiger partial charge in [-0.3, -0.25) is 10.1 Å². The average Bonchev–Trinajstić information content (AvgIpc) is 2.39. The molecule has 19 heavy (non-hydrogen) atoms. The van der Waals surface area contributed by atoms with Crippen LogP contribution in [0.3, 0.4) is 0 Å². The predicted octanol–water partition coefficient (Wildman–Crippen LogP) is 3.52. The molecule has 0 bridgehead atoms. The molecule has 0 aliphatic heterocycles. The highest BCUT2D eigenvalue weighted by molar-refractivity contribution is 7.81. The summed E-state index contributed by atoms with van der Waals surface area (Å²) in [5.41, 5.74) is 0.969. The van der Waals surface area contributed by atoms with E-state index in [2.05, 4.69) is 5.32 Å². The van der Waals surface area contributed by atoms with Gasteiger partial charge in [-0.2, -0.15) is 0 Å². The highest BCUT2D eigenvalue weighted by Crippen LogP contribution is 2.18. The van der Waals surface area contributed by atoms with Gasteiger partial charge in [0, 0.05) is 23.4 Å². The van der Waals surface area contributed by atoms with Crippen LogP contribution in [0.2, 0.25) is 0 Å². The molecule has 4 nitrogen and oxygen atoms in total. The molecular weight excluding hydrogens is 267 g/mol. The lowest BCUT2D eigenvalue weighted by atomic mass is 10.2. The van der Waals surface area contributed by atoms with E-state index >= 15 is 0 Å². The molecule has 6 heteroatoms. The molecule has 0 atom stereocenters. The first kappa shape index (κ1) is 13.1. The van der Waals surface area contributed by atoms with Crippen LogP contribution in [0.25, 0.3) is 0 Å². The predicted molar refractivity (Wildman–Crippen MR) is 74.8 cm³/mol. The topological polar surface area (TPSA) is 55.2 Å². The number of anilines is 1. The van der Waals surface area contributed by atoms with Crippen molar-refractivity contribution in [1.29, 1.82) is 0 Å². The lowest BCUT2D eigenvalue weighted by Gasteiger charge is -2.07. The van der Waals surface area contributed by atoms with Gasteiger partial charge in [0.05, 0.1) is 4.92 Å². The quantitative estimate of drug-likeness (QED) is 0.529. The van der Waals surface area contributed by atoms with Crippen LogP contribution in [0.1, 0.15) is 5.56 Å². The smallest absolute Gasteiger partial charge is 0.271 e. The number of non-ortho nitro benzene ring substituents is 1. The second-order valence-corrected chi connectivity index (χ2v) is 4.18. The maximum Gasteiger partial charge on any atom is 0.271 e. The fourth-order valence-corrected chi connectivity index (χ4v) is 1.78. The molecule has 0 saturated heterocycles. The zero-order valence-corrected chi connectivity index (χ0v) is 10.5. The standard InChI is InChI=1S/C13H9FN2O2S/c14-10-4-1-3-9(7-10)13(19)15-11-5-2-6-12(8-11)16(17)18/h1-8H,(H,15,19). The van der Waals surface area contributed by atoms with Crippen LogP contribution < -0.4 is 5.32 Å². The Kier molecular flexibility index (Phi) is 3.82. The Labute approximate surface area is 114 Å². The van der Waals surface area contributed by atoms with Crippen LogP contribution in [0.4, 0.5) is 15.8 Å². The summed E-state index contributed by atoms with van der Waals surface area (Å²) in [6.45, 7) is 0. The number of nitrogens with zero attached hydrogens (tertiary/aromatic N) is 1. The molecule has 0 radical (unpaired) electrons. The third kappa shape index (κ3) is 3.32. The van der Waals surface area contributed by atoms with E-state index in [-0.39, 0.29) is 11.5 Å².